The number of nitrogens with zero attached hydrogens (tertiary/aromatic N) is 1. The lowest BCUT2D eigenvalue weighted by Crippen LogP contribution is -2.47. The molecule has 0 bridgehead atoms. The molecule has 1 saturated carbocycles. The Morgan fingerprint density at radius 2 is 1.57 bits per heavy atom. The fraction of sp³-hybridized carbons (Fsp3) is 0.600. The number of benzene rings is 1. The molecule has 1 aliphatic heterocycles. The minimum Gasteiger partial charge on any atom is -0.314 e. The van der Waals surface area contributed by atoms with Crippen molar-refractivity contribution < 1.29 is 0 Å². The molecule has 2 aliphatic rings. The number of piperazine rings is 1. The van der Waals surface area contributed by atoms with Crippen LogP contribution in [-0.4, -0.2) is 31.1 Å². The fourth-order valence-corrected chi connectivity index (χ4v) is 3.79. The second-order valence-electron chi connectivity index (χ2n) is 5.62. The molecule has 1 N–H and O–H groups in total. The van der Waals surface area contributed by atoms with E-state index in [2.05, 4.69) is 22.3 Å². The van der Waals surface area contributed by atoms with Gasteiger partial charge in [0.05, 0.1) is 0 Å². The Kier molecular flexibility index (Phi) is 8.11. The van der Waals surface area contributed by atoms with Crippen LogP contribution in [0.2, 0.25) is 10.0 Å². The van der Waals surface area contributed by atoms with Gasteiger partial charge in [-0.15, -0.1) is 24.8 Å². The molecule has 1 heterocycles. The van der Waals surface area contributed by atoms with Gasteiger partial charge in [-0.2, -0.15) is 0 Å². The molecule has 1 saturated heterocycles. The van der Waals surface area contributed by atoms with Gasteiger partial charge in [0.25, 0.3) is 0 Å². The predicted octanol–water partition coefficient (Wildman–Crippen LogP) is 4.58. The molecular weight excluding hydrogens is 350 g/mol. The van der Waals surface area contributed by atoms with Crippen molar-refractivity contribution in [1.29, 1.82) is 0 Å². The van der Waals surface area contributed by atoms with Crippen LogP contribution in [0.25, 0.3) is 0 Å². The van der Waals surface area contributed by atoms with Crippen molar-refractivity contribution in [3.8, 4) is 0 Å². The Balaban J connectivity index is 0.00000110. The number of nitrogens with one attached hydrogen (secondary N) is 1. The molecule has 0 radical (unpaired) electrons. The summed E-state index contributed by atoms with van der Waals surface area (Å²) in [6.45, 7) is 4.39. The summed E-state index contributed by atoms with van der Waals surface area (Å²) in [5.74, 6) is 0.771. The topological polar surface area (TPSA) is 15.3 Å². The third-order valence-corrected chi connectivity index (χ3v) is 4.80. The van der Waals surface area contributed by atoms with Crippen molar-refractivity contribution >= 4 is 48.0 Å². The second kappa shape index (κ2) is 8.81. The van der Waals surface area contributed by atoms with Crippen molar-refractivity contribution in [3.63, 3.8) is 0 Å². The van der Waals surface area contributed by atoms with Gasteiger partial charge in [0, 0.05) is 42.3 Å². The highest BCUT2D eigenvalue weighted by Gasteiger charge is 2.33. The number of hydrogen-bond acceptors (Lipinski definition) is 2. The average molecular weight is 372 g/mol. The molecule has 0 amide bonds. The van der Waals surface area contributed by atoms with E-state index in [1.807, 2.05) is 6.07 Å². The van der Waals surface area contributed by atoms with Gasteiger partial charge in [-0.25, -0.2) is 0 Å². The summed E-state index contributed by atoms with van der Waals surface area (Å²) in [5.41, 5.74) is 1.30. The van der Waals surface area contributed by atoms with Crippen molar-refractivity contribution in [1.82, 2.24) is 10.2 Å². The lowest BCUT2D eigenvalue weighted by atomic mass is 9.76. The van der Waals surface area contributed by atoms with Crippen molar-refractivity contribution in [2.45, 2.75) is 25.3 Å². The van der Waals surface area contributed by atoms with E-state index in [0.717, 1.165) is 42.1 Å². The maximum Gasteiger partial charge on any atom is 0.0424 e. The van der Waals surface area contributed by atoms with Gasteiger partial charge in [0.1, 0.15) is 0 Å². The molecule has 21 heavy (non-hydrogen) atoms. The Labute approximate surface area is 149 Å². The van der Waals surface area contributed by atoms with E-state index in [9.17, 15) is 0 Å². The first-order valence-electron chi connectivity index (χ1n) is 7.15. The standard InChI is InChI=1S/C15H20Cl2N2.2ClH/c16-13-8-12(9-14(17)10-13)15(11-2-1-3-11)19-6-4-18-5-7-19;;/h8-11,15,18H,1-7H2;2*1H/t15-;;/m1../s1. The van der Waals surface area contributed by atoms with Crippen LogP contribution in [0.5, 0.6) is 0 Å². The normalized spacial score (nSPS) is 20.9. The van der Waals surface area contributed by atoms with Crippen LogP contribution in [0, 0.1) is 5.92 Å². The van der Waals surface area contributed by atoms with E-state index in [1.54, 1.807) is 0 Å². The average Bonchev–Trinajstić information content (AvgIpc) is 2.33. The van der Waals surface area contributed by atoms with Crippen LogP contribution in [0.3, 0.4) is 0 Å². The summed E-state index contributed by atoms with van der Waals surface area (Å²) in [6.07, 6.45) is 4.03. The molecule has 0 spiro atoms. The fourth-order valence-electron chi connectivity index (χ4n) is 3.24. The lowest BCUT2D eigenvalue weighted by Gasteiger charge is -2.43. The van der Waals surface area contributed by atoms with E-state index >= 15 is 0 Å². The third kappa shape index (κ3) is 4.63. The van der Waals surface area contributed by atoms with Crippen LogP contribution in [0.15, 0.2) is 18.2 Å². The molecular formula is C15H22Cl4N2. The number of halogens is 4. The molecule has 1 aromatic rings. The van der Waals surface area contributed by atoms with Crippen LogP contribution >= 0.6 is 48.0 Å². The summed E-state index contributed by atoms with van der Waals surface area (Å²) in [7, 11) is 0. The first-order valence-corrected chi connectivity index (χ1v) is 7.90. The van der Waals surface area contributed by atoms with Crippen molar-refractivity contribution in [3.05, 3.63) is 33.8 Å². The highest BCUT2D eigenvalue weighted by atomic mass is 35.5. The number of rotatable bonds is 3. The molecule has 1 atom stereocenters. The van der Waals surface area contributed by atoms with E-state index < -0.39 is 0 Å². The van der Waals surface area contributed by atoms with Gasteiger partial charge in [0.2, 0.25) is 0 Å². The highest BCUT2D eigenvalue weighted by molar-refractivity contribution is 6.34. The highest BCUT2D eigenvalue weighted by Crippen LogP contribution is 2.42. The molecule has 3 rings (SSSR count). The zero-order valence-electron chi connectivity index (χ0n) is 11.9. The van der Waals surface area contributed by atoms with E-state index in [4.69, 9.17) is 23.2 Å². The van der Waals surface area contributed by atoms with Gasteiger partial charge in [0.15, 0.2) is 0 Å². The van der Waals surface area contributed by atoms with Gasteiger partial charge in [-0.3, -0.25) is 4.90 Å². The van der Waals surface area contributed by atoms with E-state index in [0.29, 0.717) is 6.04 Å². The third-order valence-electron chi connectivity index (χ3n) is 4.37. The van der Waals surface area contributed by atoms with E-state index in [1.165, 1.54) is 24.8 Å². The zero-order chi connectivity index (χ0) is 13.2. The lowest BCUT2D eigenvalue weighted by molar-refractivity contribution is 0.0837. The zero-order valence-corrected chi connectivity index (χ0v) is 15.0. The monoisotopic (exact) mass is 370 g/mol. The minimum absolute atomic E-state index is 0. The van der Waals surface area contributed by atoms with Gasteiger partial charge >= 0.3 is 0 Å². The molecule has 2 nitrogen and oxygen atoms in total. The van der Waals surface area contributed by atoms with Gasteiger partial charge in [-0.1, -0.05) is 29.6 Å². The van der Waals surface area contributed by atoms with Gasteiger partial charge < -0.3 is 5.32 Å². The van der Waals surface area contributed by atoms with Crippen LogP contribution in [-0.2, 0) is 0 Å². The Bertz CT molecular complexity index is 425. The van der Waals surface area contributed by atoms with Gasteiger partial charge in [-0.05, 0) is 42.5 Å². The maximum atomic E-state index is 6.18. The Morgan fingerprint density at radius 3 is 2.05 bits per heavy atom. The smallest absolute Gasteiger partial charge is 0.0424 e. The van der Waals surface area contributed by atoms with Crippen LogP contribution in [0.4, 0.5) is 0 Å². The summed E-state index contributed by atoms with van der Waals surface area (Å²) >= 11 is 12.4. The Hall–Kier alpha value is 0.300. The molecule has 6 heteroatoms. The summed E-state index contributed by atoms with van der Waals surface area (Å²) in [5, 5.41) is 4.93. The van der Waals surface area contributed by atoms with Crippen LogP contribution < -0.4 is 5.32 Å². The summed E-state index contributed by atoms with van der Waals surface area (Å²) < 4.78 is 0. The quantitative estimate of drug-likeness (QED) is 0.836. The molecule has 1 aliphatic carbocycles. The van der Waals surface area contributed by atoms with E-state index in [-0.39, 0.29) is 24.8 Å². The minimum atomic E-state index is 0. The molecule has 0 unspecified atom stereocenters. The Morgan fingerprint density at radius 1 is 1.00 bits per heavy atom. The van der Waals surface area contributed by atoms with Crippen LogP contribution in [0.1, 0.15) is 30.9 Å². The summed E-state index contributed by atoms with van der Waals surface area (Å²) in [6, 6.07) is 6.51. The predicted molar refractivity (Wildman–Crippen MR) is 95.5 cm³/mol. The molecule has 0 aromatic heterocycles. The first kappa shape index (κ1) is 19.3. The van der Waals surface area contributed by atoms with Crippen molar-refractivity contribution in [2.75, 3.05) is 26.2 Å². The SMILES string of the molecule is Cl.Cl.Clc1cc(Cl)cc([C@@H](C2CCC2)N2CCNCC2)c1. The number of hydrogen-bond donors (Lipinski definition) is 1. The molecule has 1 aromatic carbocycles. The maximum absolute atomic E-state index is 6.18. The summed E-state index contributed by atoms with van der Waals surface area (Å²) in [4.78, 5) is 2.60. The van der Waals surface area contributed by atoms with Crippen molar-refractivity contribution in [2.24, 2.45) is 5.92 Å². The largest absolute Gasteiger partial charge is 0.314 e. The first-order chi connectivity index (χ1) is 9.24. The molecule has 120 valence electrons. The second-order valence-corrected chi connectivity index (χ2v) is 6.50. The molecule has 2 fully saturated rings.